The SMILES string of the molecule is C=C(/C=C(OCCCC)\C(=C/C)OCCCC)c1cc(CN)on1. The number of nitrogens with two attached hydrogens (primary N) is 1. The van der Waals surface area contributed by atoms with Crippen LogP contribution < -0.4 is 5.73 Å². The van der Waals surface area contributed by atoms with Crippen LogP contribution in [0.5, 0.6) is 0 Å². The molecule has 1 heterocycles. The second-order valence-electron chi connectivity index (χ2n) is 5.47. The van der Waals surface area contributed by atoms with Crippen molar-refractivity contribution in [2.45, 2.75) is 53.0 Å². The summed E-state index contributed by atoms with van der Waals surface area (Å²) in [6.45, 7) is 11.9. The molecule has 2 N–H and O–H groups in total. The fourth-order valence-corrected chi connectivity index (χ4v) is 1.93. The van der Waals surface area contributed by atoms with Crippen LogP contribution in [0.15, 0.2) is 40.8 Å². The molecule has 0 aliphatic rings. The fraction of sp³-hybridized carbons (Fsp3) is 0.526. The van der Waals surface area contributed by atoms with Gasteiger partial charge in [0.15, 0.2) is 17.3 Å². The number of hydrogen-bond donors (Lipinski definition) is 1. The first-order valence-corrected chi connectivity index (χ1v) is 8.65. The first-order chi connectivity index (χ1) is 11.7. The highest BCUT2D eigenvalue weighted by atomic mass is 16.5. The minimum Gasteiger partial charge on any atom is -0.490 e. The molecule has 0 aromatic carbocycles. The van der Waals surface area contributed by atoms with E-state index in [1.807, 2.05) is 19.1 Å². The lowest BCUT2D eigenvalue weighted by Gasteiger charge is -2.15. The van der Waals surface area contributed by atoms with Crippen LogP contribution in [-0.4, -0.2) is 18.4 Å². The van der Waals surface area contributed by atoms with Crippen molar-refractivity contribution in [3.05, 3.63) is 47.8 Å². The Morgan fingerprint density at radius 3 is 2.33 bits per heavy atom. The van der Waals surface area contributed by atoms with Crippen LogP contribution in [-0.2, 0) is 16.0 Å². The Balaban J connectivity index is 2.90. The van der Waals surface area contributed by atoms with Gasteiger partial charge < -0.3 is 19.7 Å². The summed E-state index contributed by atoms with van der Waals surface area (Å²) >= 11 is 0. The van der Waals surface area contributed by atoms with Crippen LogP contribution in [0.3, 0.4) is 0 Å². The quantitative estimate of drug-likeness (QED) is 0.344. The van der Waals surface area contributed by atoms with E-state index < -0.39 is 0 Å². The lowest BCUT2D eigenvalue weighted by atomic mass is 10.1. The monoisotopic (exact) mass is 334 g/mol. The second-order valence-corrected chi connectivity index (χ2v) is 5.47. The summed E-state index contributed by atoms with van der Waals surface area (Å²) in [5.74, 6) is 2.02. The Morgan fingerprint density at radius 1 is 1.21 bits per heavy atom. The number of rotatable bonds is 12. The number of aromatic nitrogens is 1. The van der Waals surface area contributed by atoms with Gasteiger partial charge in [0.05, 0.1) is 19.8 Å². The van der Waals surface area contributed by atoms with Crippen LogP contribution in [0, 0.1) is 0 Å². The number of unbranched alkanes of at least 4 members (excludes halogenated alkanes) is 2. The predicted molar refractivity (Wildman–Crippen MR) is 97.0 cm³/mol. The van der Waals surface area contributed by atoms with E-state index in [9.17, 15) is 0 Å². The molecule has 0 aliphatic carbocycles. The zero-order valence-corrected chi connectivity index (χ0v) is 15.1. The highest BCUT2D eigenvalue weighted by molar-refractivity contribution is 5.70. The van der Waals surface area contributed by atoms with Crippen molar-refractivity contribution in [2.24, 2.45) is 5.73 Å². The van der Waals surface area contributed by atoms with Crippen LogP contribution in [0.1, 0.15) is 57.9 Å². The number of nitrogens with zero attached hydrogens (tertiary/aromatic N) is 1. The largest absolute Gasteiger partial charge is 0.490 e. The molecule has 0 saturated carbocycles. The topological polar surface area (TPSA) is 70.5 Å². The van der Waals surface area contributed by atoms with E-state index in [-0.39, 0.29) is 0 Å². The van der Waals surface area contributed by atoms with Gasteiger partial charge in [-0.2, -0.15) is 0 Å². The maximum atomic E-state index is 5.92. The van der Waals surface area contributed by atoms with Crippen LogP contribution in [0.4, 0.5) is 0 Å². The smallest absolute Gasteiger partial charge is 0.161 e. The molecule has 0 spiro atoms. The number of ether oxygens (including phenoxy) is 2. The molecule has 24 heavy (non-hydrogen) atoms. The number of hydrogen-bond acceptors (Lipinski definition) is 5. The molecule has 0 atom stereocenters. The molecule has 0 radical (unpaired) electrons. The Morgan fingerprint density at radius 2 is 1.83 bits per heavy atom. The van der Waals surface area contributed by atoms with Crippen molar-refractivity contribution >= 4 is 5.57 Å². The molecular weight excluding hydrogens is 304 g/mol. The minimum absolute atomic E-state index is 0.310. The highest BCUT2D eigenvalue weighted by Crippen LogP contribution is 2.21. The summed E-state index contributed by atoms with van der Waals surface area (Å²) in [7, 11) is 0. The molecule has 0 saturated heterocycles. The lowest BCUT2D eigenvalue weighted by Crippen LogP contribution is -2.04. The van der Waals surface area contributed by atoms with Gasteiger partial charge >= 0.3 is 0 Å². The standard InChI is InChI=1S/C19H30N2O3/c1-5-8-10-22-18(7-3)19(23-11-9-6-2)12-15(4)17-13-16(14-20)24-21-17/h7,12-13H,4-6,8-11,14,20H2,1-3H3/b18-7+,19-12+. The average molecular weight is 334 g/mol. The van der Waals surface area contributed by atoms with Gasteiger partial charge in [0.25, 0.3) is 0 Å². The van der Waals surface area contributed by atoms with E-state index in [4.69, 9.17) is 19.7 Å². The van der Waals surface area contributed by atoms with Gasteiger partial charge in [-0.1, -0.05) is 38.4 Å². The van der Waals surface area contributed by atoms with E-state index >= 15 is 0 Å². The average Bonchev–Trinajstić information content (AvgIpc) is 3.07. The maximum Gasteiger partial charge on any atom is 0.161 e. The lowest BCUT2D eigenvalue weighted by molar-refractivity contribution is 0.147. The molecule has 134 valence electrons. The van der Waals surface area contributed by atoms with Crippen LogP contribution in [0.2, 0.25) is 0 Å². The zero-order valence-electron chi connectivity index (χ0n) is 15.1. The molecular formula is C19H30N2O3. The van der Waals surface area contributed by atoms with Crippen molar-refractivity contribution in [2.75, 3.05) is 13.2 Å². The third-order valence-corrected chi connectivity index (χ3v) is 3.41. The molecule has 0 fully saturated rings. The van der Waals surface area contributed by atoms with Gasteiger partial charge in [-0.05, 0) is 31.9 Å². The number of allylic oxidation sites excluding steroid dienone is 3. The Hall–Kier alpha value is -2.01. The normalized spacial score (nSPS) is 12.3. The van der Waals surface area contributed by atoms with E-state index in [1.54, 1.807) is 6.07 Å². The molecule has 0 bridgehead atoms. The Labute approximate surface area is 145 Å². The molecule has 0 aliphatic heterocycles. The second kappa shape index (κ2) is 11.5. The summed E-state index contributed by atoms with van der Waals surface area (Å²) in [5.41, 5.74) is 6.90. The third kappa shape index (κ3) is 6.62. The van der Waals surface area contributed by atoms with E-state index in [0.29, 0.717) is 42.5 Å². The summed E-state index contributed by atoms with van der Waals surface area (Å²) in [6, 6.07) is 1.79. The molecule has 1 aromatic rings. The summed E-state index contributed by atoms with van der Waals surface area (Å²) in [6.07, 6.45) is 7.89. The van der Waals surface area contributed by atoms with E-state index in [0.717, 1.165) is 31.4 Å². The van der Waals surface area contributed by atoms with Crippen molar-refractivity contribution in [3.63, 3.8) is 0 Å². The zero-order chi connectivity index (χ0) is 17.8. The first-order valence-electron chi connectivity index (χ1n) is 8.65. The van der Waals surface area contributed by atoms with Crippen molar-refractivity contribution in [1.29, 1.82) is 0 Å². The van der Waals surface area contributed by atoms with Crippen molar-refractivity contribution < 1.29 is 14.0 Å². The van der Waals surface area contributed by atoms with Gasteiger partial charge in [-0.15, -0.1) is 0 Å². The third-order valence-electron chi connectivity index (χ3n) is 3.41. The molecule has 0 amide bonds. The molecule has 5 heteroatoms. The molecule has 0 unspecified atom stereocenters. The summed E-state index contributed by atoms with van der Waals surface area (Å²) in [5, 5.41) is 3.98. The molecule has 1 aromatic heterocycles. The van der Waals surface area contributed by atoms with Crippen molar-refractivity contribution in [1.82, 2.24) is 5.16 Å². The predicted octanol–water partition coefficient (Wildman–Crippen LogP) is 4.57. The summed E-state index contributed by atoms with van der Waals surface area (Å²) < 4.78 is 16.9. The maximum absolute atomic E-state index is 5.92. The molecule has 1 rings (SSSR count). The van der Waals surface area contributed by atoms with Gasteiger partial charge in [0.1, 0.15) is 5.69 Å². The van der Waals surface area contributed by atoms with Gasteiger partial charge in [0, 0.05) is 11.6 Å². The van der Waals surface area contributed by atoms with E-state index in [1.165, 1.54) is 0 Å². The van der Waals surface area contributed by atoms with Crippen LogP contribution in [0.25, 0.3) is 5.57 Å². The highest BCUT2D eigenvalue weighted by Gasteiger charge is 2.11. The first kappa shape index (κ1) is 20.0. The fourth-order valence-electron chi connectivity index (χ4n) is 1.93. The minimum atomic E-state index is 0.310. The Bertz CT molecular complexity index is 559. The Kier molecular flexibility index (Phi) is 9.61. The van der Waals surface area contributed by atoms with Crippen molar-refractivity contribution in [3.8, 4) is 0 Å². The van der Waals surface area contributed by atoms with Crippen LogP contribution >= 0.6 is 0 Å². The van der Waals surface area contributed by atoms with Gasteiger partial charge in [-0.3, -0.25) is 0 Å². The summed E-state index contributed by atoms with van der Waals surface area (Å²) in [4.78, 5) is 0. The molecule has 5 nitrogen and oxygen atoms in total. The van der Waals surface area contributed by atoms with E-state index in [2.05, 4.69) is 25.6 Å². The van der Waals surface area contributed by atoms with Gasteiger partial charge in [-0.25, -0.2) is 0 Å². The van der Waals surface area contributed by atoms with Gasteiger partial charge in [0.2, 0.25) is 0 Å².